The molecule has 0 radical (unpaired) electrons. The van der Waals surface area contributed by atoms with Crippen LogP contribution in [-0.4, -0.2) is 22.6 Å². The smallest absolute Gasteiger partial charge is 0.352 e. The molecule has 170 valence electrons. The van der Waals surface area contributed by atoms with Crippen LogP contribution in [0.2, 0.25) is 5.02 Å². The van der Waals surface area contributed by atoms with Crippen LogP contribution in [0.1, 0.15) is 19.4 Å². The molecule has 0 unspecified atom stereocenters. The number of benzene rings is 3. The van der Waals surface area contributed by atoms with Gasteiger partial charge in [-0.2, -0.15) is 0 Å². The average molecular weight is 531 g/mol. The van der Waals surface area contributed by atoms with Gasteiger partial charge in [-0.15, -0.1) is 0 Å². The molecule has 8 heteroatoms. The number of nitrogens with one attached hydrogen (secondary N) is 1. The number of para-hydroxylation sites is 1. The largest absolute Gasteiger partial charge is 0.478 e. The second-order valence-corrected chi connectivity index (χ2v) is 8.78. The zero-order chi connectivity index (χ0) is 24.0. The average Bonchev–Trinajstić information content (AvgIpc) is 2.77. The van der Waals surface area contributed by atoms with Gasteiger partial charge in [0.1, 0.15) is 22.9 Å². The highest BCUT2D eigenvalue weighted by atomic mass is 79.9. The molecule has 3 rings (SSSR count). The number of rotatable bonds is 8. The van der Waals surface area contributed by atoms with Crippen molar-refractivity contribution in [3.8, 4) is 17.2 Å². The molecule has 3 aromatic rings. The van der Waals surface area contributed by atoms with Crippen molar-refractivity contribution < 1.29 is 24.2 Å². The minimum atomic E-state index is -1.33. The molecule has 0 heterocycles. The van der Waals surface area contributed by atoms with Gasteiger partial charge in [0.2, 0.25) is 0 Å². The van der Waals surface area contributed by atoms with Crippen molar-refractivity contribution in [2.24, 2.45) is 0 Å². The molecule has 1 amide bonds. The molecule has 0 atom stereocenters. The highest BCUT2D eigenvalue weighted by Gasteiger charge is 2.31. The first-order valence-electron chi connectivity index (χ1n) is 9.87. The summed E-state index contributed by atoms with van der Waals surface area (Å²) in [6, 6.07) is 20.8. The van der Waals surface area contributed by atoms with E-state index in [0.29, 0.717) is 27.8 Å². The summed E-state index contributed by atoms with van der Waals surface area (Å²) in [4.78, 5) is 24.5. The van der Waals surface area contributed by atoms with Gasteiger partial charge in [-0.3, -0.25) is 4.79 Å². The Morgan fingerprint density at radius 3 is 2.18 bits per heavy atom. The van der Waals surface area contributed by atoms with Crippen molar-refractivity contribution in [3.63, 3.8) is 0 Å². The molecule has 0 aliphatic rings. The van der Waals surface area contributed by atoms with E-state index in [9.17, 15) is 14.7 Å². The summed E-state index contributed by atoms with van der Waals surface area (Å²) in [7, 11) is 0. The zero-order valence-electron chi connectivity index (χ0n) is 17.8. The normalized spacial score (nSPS) is 11.6. The maximum atomic E-state index is 12.7. The SMILES string of the molecule is CC(C)(Oc1ccc(Cl)cc1)C(=O)N/C(=C\c1ccc(Oc2ccccc2Br)cc1)C(=O)O. The van der Waals surface area contributed by atoms with Gasteiger partial charge < -0.3 is 19.9 Å². The molecule has 33 heavy (non-hydrogen) atoms. The van der Waals surface area contributed by atoms with Gasteiger partial charge in [-0.1, -0.05) is 35.9 Å². The van der Waals surface area contributed by atoms with Gasteiger partial charge in [-0.25, -0.2) is 4.79 Å². The lowest BCUT2D eigenvalue weighted by molar-refractivity contribution is -0.138. The van der Waals surface area contributed by atoms with Crippen LogP contribution in [-0.2, 0) is 9.59 Å². The van der Waals surface area contributed by atoms with E-state index in [1.54, 1.807) is 62.4 Å². The summed E-state index contributed by atoms with van der Waals surface area (Å²) in [6.45, 7) is 3.09. The molecule has 0 saturated carbocycles. The molecular weight excluding hydrogens is 510 g/mol. The predicted molar refractivity (Wildman–Crippen MR) is 131 cm³/mol. The van der Waals surface area contributed by atoms with Gasteiger partial charge >= 0.3 is 5.97 Å². The van der Waals surface area contributed by atoms with E-state index < -0.39 is 17.5 Å². The summed E-state index contributed by atoms with van der Waals surface area (Å²) in [6.07, 6.45) is 1.36. The fourth-order valence-corrected chi connectivity index (χ4v) is 3.21. The monoisotopic (exact) mass is 529 g/mol. The number of ether oxygens (including phenoxy) is 2. The molecule has 0 saturated heterocycles. The molecule has 0 bridgehead atoms. The standard InChI is InChI=1S/C25H21BrClNO5/c1-25(2,33-19-13-9-17(27)10-14-19)24(31)28-21(23(29)30)15-16-7-11-18(12-8-16)32-22-6-4-3-5-20(22)26/h3-15H,1-2H3,(H,28,31)(H,29,30)/b21-15-. The lowest BCUT2D eigenvalue weighted by Gasteiger charge is -2.25. The van der Waals surface area contributed by atoms with Gasteiger partial charge in [0.05, 0.1) is 4.47 Å². The first-order valence-corrected chi connectivity index (χ1v) is 11.0. The summed E-state index contributed by atoms with van der Waals surface area (Å²) in [5.41, 5.74) is -1.04. The van der Waals surface area contributed by atoms with Crippen LogP contribution in [0.4, 0.5) is 0 Å². The lowest BCUT2D eigenvalue weighted by atomic mass is 10.1. The van der Waals surface area contributed by atoms with E-state index >= 15 is 0 Å². The minimum absolute atomic E-state index is 0.285. The van der Waals surface area contributed by atoms with Crippen LogP contribution in [0.3, 0.4) is 0 Å². The highest BCUT2D eigenvalue weighted by molar-refractivity contribution is 9.10. The quantitative estimate of drug-likeness (QED) is 0.334. The molecule has 0 aliphatic carbocycles. The van der Waals surface area contributed by atoms with Crippen molar-refractivity contribution in [1.82, 2.24) is 5.32 Å². The summed E-state index contributed by atoms with van der Waals surface area (Å²) in [5, 5.41) is 12.5. The van der Waals surface area contributed by atoms with Gasteiger partial charge in [0.25, 0.3) is 5.91 Å². The van der Waals surface area contributed by atoms with Crippen LogP contribution in [0.25, 0.3) is 6.08 Å². The molecule has 0 aromatic heterocycles. The number of carbonyl (C=O) groups is 2. The number of hydrogen-bond donors (Lipinski definition) is 2. The number of hydrogen-bond acceptors (Lipinski definition) is 4. The Labute approximate surface area is 204 Å². The maximum absolute atomic E-state index is 12.7. The lowest BCUT2D eigenvalue weighted by Crippen LogP contribution is -2.47. The molecule has 0 fully saturated rings. The second kappa shape index (κ2) is 10.6. The Bertz CT molecular complexity index is 1170. The first-order chi connectivity index (χ1) is 15.6. The van der Waals surface area contributed by atoms with E-state index in [1.165, 1.54) is 6.08 Å². The van der Waals surface area contributed by atoms with Crippen LogP contribution in [0.5, 0.6) is 17.2 Å². The number of carbonyl (C=O) groups excluding carboxylic acids is 1. The third-order valence-electron chi connectivity index (χ3n) is 4.47. The number of carboxylic acids is 1. The molecule has 6 nitrogen and oxygen atoms in total. The van der Waals surface area contributed by atoms with Gasteiger partial charge in [0, 0.05) is 5.02 Å². The number of aliphatic carboxylic acids is 1. The highest BCUT2D eigenvalue weighted by Crippen LogP contribution is 2.29. The van der Waals surface area contributed by atoms with Crippen molar-refractivity contribution in [3.05, 3.63) is 93.6 Å². The van der Waals surface area contributed by atoms with E-state index in [1.807, 2.05) is 24.3 Å². The van der Waals surface area contributed by atoms with E-state index in [2.05, 4.69) is 21.2 Å². The van der Waals surface area contributed by atoms with Gasteiger partial charge in [0.15, 0.2) is 5.60 Å². The van der Waals surface area contributed by atoms with Crippen LogP contribution >= 0.6 is 27.5 Å². The fourth-order valence-electron chi connectivity index (χ4n) is 2.72. The van der Waals surface area contributed by atoms with Crippen molar-refractivity contribution >= 4 is 45.5 Å². The third-order valence-corrected chi connectivity index (χ3v) is 5.37. The Kier molecular flexibility index (Phi) is 7.79. The van der Waals surface area contributed by atoms with Crippen LogP contribution in [0.15, 0.2) is 83.0 Å². The summed E-state index contributed by atoms with van der Waals surface area (Å²) >= 11 is 9.29. The van der Waals surface area contributed by atoms with Crippen LogP contribution < -0.4 is 14.8 Å². The van der Waals surface area contributed by atoms with E-state index in [4.69, 9.17) is 21.1 Å². The van der Waals surface area contributed by atoms with Crippen molar-refractivity contribution in [1.29, 1.82) is 0 Å². The third kappa shape index (κ3) is 6.84. The maximum Gasteiger partial charge on any atom is 0.352 e. The Hall–Kier alpha value is -3.29. The summed E-state index contributed by atoms with van der Waals surface area (Å²) in [5.74, 6) is -0.222. The van der Waals surface area contributed by atoms with Crippen molar-refractivity contribution in [2.75, 3.05) is 0 Å². The molecule has 0 spiro atoms. The number of carboxylic acid groups (broad SMARTS) is 1. The van der Waals surface area contributed by atoms with Crippen LogP contribution in [0, 0.1) is 0 Å². The fraction of sp³-hybridized carbons (Fsp3) is 0.120. The topological polar surface area (TPSA) is 84.9 Å². The molecular formula is C25H21BrClNO5. The Balaban J connectivity index is 1.71. The zero-order valence-corrected chi connectivity index (χ0v) is 20.2. The van der Waals surface area contributed by atoms with E-state index in [0.717, 1.165) is 4.47 Å². The molecule has 3 aromatic carbocycles. The minimum Gasteiger partial charge on any atom is -0.478 e. The van der Waals surface area contributed by atoms with E-state index in [-0.39, 0.29) is 5.70 Å². The summed E-state index contributed by atoms with van der Waals surface area (Å²) < 4.78 is 12.3. The Morgan fingerprint density at radius 2 is 1.58 bits per heavy atom. The Morgan fingerprint density at radius 1 is 0.970 bits per heavy atom. The number of halogens is 2. The van der Waals surface area contributed by atoms with Gasteiger partial charge in [-0.05, 0) is 89.9 Å². The molecule has 0 aliphatic heterocycles. The molecule has 2 N–H and O–H groups in total. The van der Waals surface area contributed by atoms with Crippen molar-refractivity contribution in [2.45, 2.75) is 19.4 Å². The first kappa shape index (κ1) is 24.4. The number of amides is 1. The predicted octanol–water partition coefficient (Wildman–Crippen LogP) is 6.29. The second-order valence-electron chi connectivity index (χ2n) is 7.49.